The topological polar surface area (TPSA) is 48.5 Å². The Morgan fingerprint density at radius 2 is 1.95 bits per heavy atom. The van der Waals surface area contributed by atoms with E-state index in [0.29, 0.717) is 6.54 Å². The van der Waals surface area contributed by atoms with Gasteiger partial charge in [-0.05, 0) is 19.1 Å². The Labute approximate surface area is 134 Å². The standard InChI is InChI=1S/C16H20N4OS/c1-13-2-4-14(5-3-13)18-15(21)12-19-7-9-20(10-8-19)16-17-6-11-22-16/h2-6,11H,7-10,12H2,1H3,(H,18,21). The summed E-state index contributed by atoms with van der Waals surface area (Å²) in [5.74, 6) is 0.0477. The van der Waals surface area contributed by atoms with Gasteiger partial charge in [0, 0.05) is 43.4 Å². The van der Waals surface area contributed by atoms with Crippen LogP contribution in [0.3, 0.4) is 0 Å². The lowest BCUT2D eigenvalue weighted by atomic mass is 10.2. The highest BCUT2D eigenvalue weighted by Crippen LogP contribution is 2.18. The second-order valence-corrected chi connectivity index (χ2v) is 6.37. The number of nitrogens with one attached hydrogen (secondary N) is 1. The van der Waals surface area contributed by atoms with E-state index in [1.54, 1.807) is 11.3 Å². The first-order chi connectivity index (χ1) is 10.7. The second-order valence-electron chi connectivity index (χ2n) is 5.49. The van der Waals surface area contributed by atoms with E-state index in [0.717, 1.165) is 37.0 Å². The number of hydrogen-bond donors (Lipinski definition) is 1. The van der Waals surface area contributed by atoms with Crippen molar-refractivity contribution in [3.05, 3.63) is 41.4 Å². The Kier molecular flexibility index (Phi) is 4.70. The third-order valence-electron chi connectivity index (χ3n) is 3.76. The van der Waals surface area contributed by atoms with Gasteiger partial charge in [-0.15, -0.1) is 11.3 Å². The molecule has 0 saturated carbocycles. The Balaban J connectivity index is 1.46. The van der Waals surface area contributed by atoms with Crippen molar-refractivity contribution in [2.75, 3.05) is 42.9 Å². The van der Waals surface area contributed by atoms with Crippen molar-refractivity contribution in [2.45, 2.75) is 6.92 Å². The van der Waals surface area contributed by atoms with E-state index >= 15 is 0 Å². The second kappa shape index (κ2) is 6.89. The summed E-state index contributed by atoms with van der Waals surface area (Å²) in [5.41, 5.74) is 2.05. The Bertz CT molecular complexity index is 604. The van der Waals surface area contributed by atoms with Gasteiger partial charge in [-0.25, -0.2) is 4.98 Å². The summed E-state index contributed by atoms with van der Waals surface area (Å²) in [5, 5.41) is 6.02. The number of aromatic nitrogens is 1. The molecule has 6 heteroatoms. The number of carbonyl (C=O) groups is 1. The van der Waals surface area contributed by atoms with Crippen molar-refractivity contribution < 1.29 is 4.79 Å². The summed E-state index contributed by atoms with van der Waals surface area (Å²) >= 11 is 1.66. The number of amides is 1. The minimum atomic E-state index is 0.0477. The third kappa shape index (κ3) is 3.84. The highest BCUT2D eigenvalue weighted by molar-refractivity contribution is 7.13. The van der Waals surface area contributed by atoms with Gasteiger partial charge in [0.15, 0.2) is 5.13 Å². The molecule has 0 unspecified atom stereocenters. The van der Waals surface area contributed by atoms with Gasteiger partial charge in [0.25, 0.3) is 0 Å². The van der Waals surface area contributed by atoms with Crippen LogP contribution in [0.1, 0.15) is 5.56 Å². The molecule has 0 radical (unpaired) electrons. The monoisotopic (exact) mass is 316 g/mol. The summed E-state index contributed by atoms with van der Waals surface area (Å²) in [7, 11) is 0. The number of hydrogen-bond acceptors (Lipinski definition) is 5. The molecule has 2 heterocycles. The number of rotatable bonds is 4. The van der Waals surface area contributed by atoms with Crippen LogP contribution >= 0.6 is 11.3 Å². The lowest BCUT2D eigenvalue weighted by Gasteiger charge is -2.34. The van der Waals surface area contributed by atoms with E-state index in [1.807, 2.05) is 42.8 Å². The Hall–Kier alpha value is -1.92. The van der Waals surface area contributed by atoms with Crippen molar-refractivity contribution in [3.8, 4) is 0 Å². The van der Waals surface area contributed by atoms with Crippen LogP contribution in [0.2, 0.25) is 0 Å². The van der Waals surface area contributed by atoms with Crippen LogP contribution in [0.25, 0.3) is 0 Å². The molecule has 0 bridgehead atoms. The average molecular weight is 316 g/mol. The lowest BCUT2D eigenvalue weighted by molar-refractivity contribution is -0.117. The molecule has 0 aliphatic carbocycles. The fourth-order valence-electron chi connectivity index (χ4n) is 2.51. The summed E-state index contributed by atoms with van der Waals surface area (Å²) in [4.78, 5) is 20.9. The molecule has 3 rings (SSSR count). The molecule has 1 N–H and O–H groups in total. The van der Waals surface area contributed by atoms with Gasteiger partial charge in [0.05, 0.1) is 6.54 Å². The molecule has 22 heavy (non-hydrogen) atoms. The van der Waals surface area contributed by atoms with Gasteiger partial charge in [0.1, 0.15) is 0 Å². The van der Waals surface area contributed by atoms with Crippen molar-refractivity contribution in [1.82, 2.24) is 9.88 Å². The predicted molar refractivity (Wildman–Crippen MR) is 90.6 cm³/mol. The summed E-state index contributed by atoms with van der Waals surface area (Å²) < 4.78 is 0. The third-order valence-corrected chi connectivity index (χ3v) is 4.60. The molecular weight excluding hydrogens is 296 g/mol. The lowest BCUT2D eigenvalue weighted by Crippen LogP contribution is -2.48. The molecule has 1 aromatic carbocycles. The molecule has 1 saturated heterocycles. The van der Waals surface area contributed by atoms with Crippen molar-refractivity contribution in [1.29, 1.82) is 0 Å². The highest BCUT2D eigenvalue weighted by Gasteiger charge is 2.20. The van der Waals surface area contributed by atoms with E-state index in [2.05, 4.69) is 20.1 Å². The van der Waals surface area contributed by atoms with E-state index in [-0.39, 0.29) is 5.91 Å². The number of carbonyl (C=O) groups excluding carboxylic acids is 1. The number of benzene rings is 1. The van der Waals surface area contributed by atoms with E-state index < -0.39 is 0 Å². The van der Waals surface area contributed by atoms with Crippen molar-refractivity contribution in [3.63, 3.8) is 0 Å². The molecule has 116 valence electrons. The molecule has 0 atom stereocenters. The summed E-state index contributed by atoms with van der Waals surface area (Å²) in [6.45, 7) is 6.10. The molecule has 1 aromatic heterocycles. The molecule has 5 nitrogen and oxygen atoms in total. The fraction of sp³-hybridized carbons (Fsp3) is 0.375. The minimum Gasteiger partial charge on any atom is -0.346 e. The minimum absolute atomic E-state index is 0.0477. The summed E-state index contributed by atoms with van der Waals surface area (Å²) in [6.07, 6.45) is 1.83. The fourth-order valence-corrected chi connectivity index (χ4v) is 3.21. The SMILES string of the molecule is Cc1ccc(NC(=O)CN2CCN(c3nccs3)CC2)cc1. The molecule has 2 aromatic rings. The van der Waals surface area contributed by atoms with Crippen LogP contribution < -0.4 is 10.2 Å². The van der Waals surface area contributed by atoms with Gasteiger partial charge in [-0.2, -0.15) is 0 Å². The first kappa shape index (κ1) is 15.0. The molecule has 1 fully saturated rings. The van der Waals surface area contributed by atoms with Crippen LogP contribution in [0.4, 0.5) is 10.8 Å². The molecule has 0 spiro atoms. The molecule has 1 amide bonds. The maximum absolute atomic E-state index is 12.1. The molecular formula is C16H20N4OS. The normalized spacial score (nSPS) is 15.8. The van der Waals surface area contributed by atoms with Gasteiger partial charge in [-0.3, -0.25) is 9.69 Å². The maximum atomic E-state index is 12.1. The van der Waals surface area contributed by atoms with Crippen LogP contribution in [0.5, 0.6) is 0 Å². The Morgan fingerprint density at radius 1 is 1.23 bits per heavy atom. The van der Waals surface area contributed by atoms with Crippen LogP contribution in [0, 0.1) is 6.92 Å². The molecule has 1 aliphatic heterocycles. The zero-order valence-electron chi connectivity index (χ0n) is 12.7. The van der Waals surface area contributed by atoms with Gasteiger partial charge < -0.3 is 10.2 Å². The number of nitrogens with zero attached hydrogens (tertiary/aromatic N) is 3. The van der Waals surface area contributed by atoms with Crippen LogP contribution in [-0.2, 0) is 4.79 Å². The maximum Gasteiger partial charge on any atom is 0.238 e. The quantitative estimate of drug-likeness (QED) is 0.939. The number of thiazole rings is 1. The number of anilines is 2. The smallest absolute Gasteiger partial charge is 0.238 e. The van der Waals surface area contributed by atoms with E-state index in [1.165, 1.54) is 5.56 Å². The first-order valence-electron chi connectivity index (χ1n) is 7.44. The van der Waals surface area contributed by atoms with Crippen LogP contribution in [-0.4, -0.2) is 48.5 Å². The number of piperazine rings is 1. The highest BCUT2D eigenvalue weighted by atomic mass is 32.1. The average Bonchev–Trinajstić information content (AvgIpc) is 3.05. The van der Waals surface area contributed by atoms with Gasteiger partial charge in [0.2, 0.25) is 5.91 Å². The zero-order valence-corrected chi connectivity index (χ0v) is 13.5. The molecule has 1 aliphatic rings. The zero-order chi connectivity index (χ0) is 15.4. The van der Waals surface area contributed by atoms with E-state index in [4.69, 9.17) is 0 Å². The largest absolute Gasteiger partial charge is 0.346 e. The number of aryl methyl sites for hydroxylation is 1. The van der Waals surface area contributed by atoms with E-state index in [9.17, 15) is 4.79 Å². The van der Waals surface area contributed by atoms with Crippen molar-refractivity contribution >= 4 is 28.1 Å². The predicted octanol–water partition coefficient (Wildman–Crippen LogP) is 2.21. The summed E-state index contributed by atoms with van der Waals surface area (Å²) in [6, 6.07) is 7.88. The first-order valence-corrected chi connectivity index (χ1v) is 8.32. The van der Waals surface area contributed by atoms with Gasteiger partial charge in [-0.1, -0.05) is 17.7 Å². The Morgan fingerprint density at radius 3 is 2.59 bits per heavy atom. The van der Waals surface area contributed by atoms with Crippen molar-refractivity contribution in [2.24, 2.45) is 0 Å². The van der Waals surface area contributed by atoms with Gasteiger partial charge >= 0.3 is 0 Å². The van der Waals surface area contributed by atoms with Crippen LogP contribution in [0.15, 0.2) is 35.8 Å².